The first-order valence-corrected chi connectivity index (χ1v) is 11.8. The maximum Gasteiger partial charge on any atom is 0.261 e. The van der Waals surface area contributed by atoms with Crippen LogP contribution in [0.25, 0.3) is 0 Å². The third-order valence-corrected chi connectivity index (χ3v) is 6.02. The molecule has 2 amide bonds. The number of hydrogen-bond acceptors (Lipinski definition) is 3. The number of halogens is 2. The Morgan fingerprint density at radius 3 is 2.28 bits per heavy atom. The van der Waals surface area contributed by atoms with E-state index < -0.39 is 6.04 Å². The molecular formula is C25H32Cl2N2O3. The van der Waals surface area contributed by atoms with Gasteiger partial charge in [0.1, 0.15) is 11.8 Å². The summed E-state index contributed by atoms with van der Waals surface area (Å²) in [6, 6.07) is 12.1. The maximum absolute atomic E-state index is 13.2. The highest BCUT2D eigenvalue weighted by Gasteiger charge is 2.30. The number of aryl methyl sites for hydroxylation is 1. The minimum Gasteiger partial charge on any atom is -0.484 e. The molecule has 2 aromatic carbocycles. The Morgan fingerprint density at radius 1 is 1.03 bits per heavy atom. The summed E-state index contributed by atoms with van der Waals surface area (Å²) in [6.45, 7) is 7.91. The molecule has 2 atom stereocenters. The summed E-state index contributed by atoms with van der Waals surface area (Å²) in [7, 11) is 0. The van der Waals surface area contributed by atoms with Crippen LogP contribution in [0, 0.1) is 0 Å². The molecule has 0 bridgehead atoms. The molecule has 0 radical (unpaired) electrons. The Hall–Kier alpha value is -2.24. The molecule has 0 heterocycles. The van der Waals surface area contributed by atoms with E-state index in [4.69, 9.17) is 27.9 Å². The fraction of sp³-hybridized carbons (Fsp3) is 0.440. The van der Waals surface area contributed by atoms with Crippen LogP contribution in [0.1, 0.15) is 51.7 Å². The standard InChI is InChI=1S/C25H32Cl2N2O3/c1-5-17(4)28-25(31)23(7-3)29(15-19-10-11-20(26)14-22(19)27)24(30)16-32-21-12-8-18(6-2)9-13-21/h8-14,17,23H,5-7,15-16H2,1-4H3,(H,28,31)/t17-,23+/m1/s1. The van der Waals surface area contributed by atoms with Gasteiger partial charge in [-0.05, 0) is 61.6 Å². The van der Waals surface area contributed by atoms with Crippen molar-refractivity contribution in [2.75, 3.05) is 6.61 Å². The predicted molar refractivity (Wildman–Crippen MR) is 130 cm³/mol. The van der Waals surface area contributed by atoms with Crippen molar-refractivity contribution in [3.05, 3.63) is 63.6 Å². The fourth-order valence-electron chi connectivity index (χ4n) is 3.24. The number of nitrogens with one attached hydrogen (secondary N) is 1. The lowest BCUT2D eigenvalue weighted by molar-refractivity contribution is -0.143. The van der Waals surface area contributed by atoms with E-state index >= 15 is 0 Å². The number of amides is 2. The zero-order valence-electron chi connectivity index (χ0n) is 19.2. The predicted octanol–water partition coefficient (Wildman–Crippen LogP) is 5.66. The van der Waals surface area contributed by atoms with Gasteiger partial charge in [0.15, 0.2) is 6.61 Å². The van der Waals surface area contributed by atoms with Gasteiger partial charge in [-0.25, -0.2) is 0 Å². The van der Waals surface area contributed by atoms with Crippen LogP contribution in [0.2, 0.25) is 10.0 Å². The first-order valence-electron chi connectivity index (χ1n) is 11.0. The molecule has 0 aliphatic carbocycles. The minimum absolute atomic E-state index is 0.0148. The molecule has 0 saturated heterocycles. The molecule has 1 N–H and O–H groups in total. The van der Waals surface area contributed by atoms with Gasteiger partial charge in [0.2, 0.25) is 5.91 Å². The van der Waals surface area contributed by atoms with Crippen LogP contribution in [0.4, 0.5) is 0 Å². The SMILES string of the molecule is CCc1ccc(OCC(=O)N(Cc2ccc(Cl)cc2Cl)[C@@H](CC)C(=O)N[C@H](C)CC)cc1. The van der Waals surface area contributed by atoms with E-state index in [0.29, 0.717) is 27.8 Å². The number of ether oxygens (including phenoxy) is 1. The van der Waals surface area contributed by atoms with Crippen molar-refractivity contribution in [2.24, 2.45) is 0 Å². The van der Waals surface area contributed by atoms with Gasteiger partial charge < -0.3 is 15.0 Å². The minimum atomic E-state index is -0.644. The molecule has 0 fully saturated rings. The van der Waals surface area contributed by atoms with E-state index in [1.165, 1.54) is 10.5 Å². The topological polar surface area (TPSA) is 58.6 Å². The molecule has 7 heteroatoms. The Balaban J connectivity index is 2.23. The van der Waals surface area contributed by atoms with E-state index in [2.05, 4.69) is 12.2 Å². The summed E-state index contributed by atoms with van der Waals surface area (Å²) < 4.78 is 5.73. The van der Waals surface area contributed by atoms with Crippen molar-refractivity contribution >= 4 is 35.0 Å². The van der Waals surface area contributed by atoms with Crippen molar-refractivity contribution < 1.29 is 14.3 Å². The second-order valence-corrected chi connectivity index (χ2v) is 8.63. The molecular weight excluding hydrogens is 447 g/mol. The average Bonchev–Trinajstić information content (AvgIpc) is 2.78. The summed E-state index contributed by atoms with van der Waals surface area (Å²) in [4.78, 5) is 27.7. The van der Waals surface area contributed by atoms with Crippen LogP contribution >= 0.6 is 23.2 Å². The highest BCUT2D eigenvalue weighted by atomic mass is 35.5. The number of hydrogen-bond donors (Lipinski definition) is 1. The van der Waals surface area contributed by atoms with Crippen LogP contribution in [0.3, 0.4) is 0 Å². The number of rotatable bonds is 11. The number of benzene rings is 2. The molecule has 0 spiro atoms. The Labute approximate surface area is 201 Å². The van der Waals surface area contributed by atoms with Crippen molar-refractivity contribution in [1.82, 2.24) is 10.2 Å². The number of nitrogens with zero attached hydrogens (tertiary/aromatic N) is 1. The molecule has 0 aliphatic rings. The van der Waals surface area contributed by atoms with Gasteiger partial charge in [0, 0.05) is 22.6 Å². The molecule has 0 saturated carbocycles. The van der Waals surface area contributed by atoms with E-state index in [1.54, 1.807) is 18.2 Å². The van der Waals surface area contributed by atoms with Crippen LogP contribution in [-0.2, 0) is 22.6 Å². The summed E-state index contributed by atoms with van der Waals surface area (Å²) >= 11 is 12.4. The quantitative estimate of drug-likeness (QED) is 0.453. The molecule has 32 heavy (non-hydrogen) atoms. The summed E-state index contributed by atoms with van der Waals surface area (Å²) in [5.74, 6) is 0.131. The van der Waals surface area contributed by atoms with E-state index in [9.17, 15) is 9.59 Å². The summed E-state index contributed by atoms with van der Waals surface area (Å²) in [5.41, 5.74) is 1.90. The van der Waals surface area contributed by atoms with Gasteiger partial charge in [-0.15, -0.1) is 0 Å². The molecule has 0 aliphatic heterocycles. The maximum atomic E-state index is 13.2. The second kappa shape index (κ2) is 12.7. The van der Waals surface area contributed by atoms with Crippen molar-refractivity contribution in [2.45, 2.75) is 65.6 Å². The van der Waals surface area contributed by atoms with E-state index in [0.717, 1.165) is 12.8 Å². The highest BCUT2D eigenvalue weighted by Crippen LogP contribution is 2.24. The smallest absolute Gasteiger partial charge is 0.261 e. The number of carbonyl (C=O) groups is 2. The van der Waals surface area contributed by atoms with Gasteiger partial charge in [-0.3, -0.25) is 9.59 Å². The first-order chi connectivity index (χ1) is 15.3. The van der Waals surface area contributed by atoms with E-state index in [-0.39, 0.29) is 31.0 Å². The van der Waals surface area contributed by atoms with Gasteiger partial charge in [0.05, 0.1) is 0 Å². The van der Waals surface area contributed by atoms with E-state index in [1.807, 2.05) is 45.0 Å². The normalized spacial score (nSPS) is 12.7. The summed E-state index contributed by atoms with van der Waals surface area (Å²) in [6.07, 6.45) is 2.19. The van der Waals surface area contributed by atoms with Crippen molar-refractivity contribution in [3.8, 4) is 5.75 Å². The lowest BCUT2D eigenvalue weighted by atomic mass is 10.1. The van der Waals surface area contributed by atoms with Crippen LogP contribution in [0.15, 0.2) is 42.5 Å². The zero-order valence-corrected chi connectivity index (χ0v) is 20.7. The third-order valence-electron chi connectivity index (χ3n) is 5.44. The third kappa shape index (κ3) is 7.42. The van der Waals surface area contributed by atoms with Gasteiger partial charge >= 0.3 is 0 Å². The van der Waals surface area contributed by atoms with Crippen molar-refractivity contribution in [3.63, 3.8) is 0 Å². The molecule has 0 unspecified atom stereocenters. The molecule has 5 nitrogen and oxygen atoms in total. The Kier molecular flexibility index (Phi) is 10.3. The molecule has 0 aromatic heterocycles. The Morgan fingerprint density at radius 2 is 1.72 bits per heavy atom. The molecule has 2 rings (SSSR count). The molecule has 174 valence electrons. The Bertz CT molecular complexity index is 903. The lowest BCUT2D eigenvalue weighted by Gasteiger charge is -2.31. The van der Waals surface area contributed by atoms with Crippen LogP contribution < -0.4 is 10.1 Å². The van der Waals surface area contributed by atoms with Crippen LogP contribution in [-0.4, -0.2) is 35.4 Å². The van der Waals surface area contributed by atoms with Gasteiger partial charge in [-0.1, -0.05) is 62.2 Å². The van der Waals surface area contributed by atoms with Crippen molar-refractivity contribution in [1.29, 1.82) is 0 Å². The highest BCUT2D eigenvalue weighted by molar-refractivity contribution is 6.35. The number of carbonyl (C=O) groups excluding carboxylic acids is 2. The van der Waals surface area contributed by atoms with Crippen LogP contribution in [0.5, 0.6) is 5.75 Å². The first kappa shape index (κ1) is 26.0. The van der Waals surface area contributed by atoms with Gasteiger partial charge in [-0.2, -0.15) is 0 Å². The molecule has 2 aromatic rings. The second-order valence-electron chi connectivity index (χ2n) is 7.79. The van der Waals surface area contributed by atoms with Gasteiger partial charge in [0.25, 0.3) is 5.91 Å². The summed E-state index contributed by atoms with van der Waals surface area (Å²) in [5, 5.41) is 3.94. The zero-order chi connectivity index (χ0) is 23.7. The fourth-order valence-corrected chi connectivity index (χ4v) is 3.71. The average molecular weight is 479 g/mol. The lowest BCUT2D eigenvalue weighted by Crippen LogP contribution is -2.51. The monoisotopic (exact) mass is 478 g/mol. The largest absolute Gasteiger partial charge is 0.484 e.